The van der Waals surface area contributed by atoms with E-state index in [9.17, 15) is 9.18 Å². The molecular formula is C11H6BrFN2O3. The van der Waals surface area contributed by atoms with Crippen LogP contribution in [0.5, 0.6) is 11.6 Å². The molecule has 1 heterocycles. The van der Waals surface area contributed by atoms with Crippen LogP contribution in [0.4, 0.5) is 4.39 Å². The molecule has 0 atom stereocenters. The highest BCUT2D eigenvalue weighted by Gasteiger charge is 2.16. The number of halogens is 2. The first-order chi connectivity index (χ1) is 8.58. The second-order valence-electron chi connectivity index (χ2n) is 3.19. The number of hydrogen-bond acceptors (Lipinski definition) is 4. The lowest BCUT2D eigenvalue weighted by molar-refractivity contribution is 0.0686. The van der Waals surface area contributed by atoms with E-state index in [-0.39, 0.29) is 17.3 Å². The molecule has 0 spiro atoms. The molecule has 7 heteroatoms. The molecule has 0 aliphatic carbocycles. The van der Waals surface area contributed by atoms with Crippen LogP contribution in [0.25, 0.3) is 0 Å². The number of aromatic carboxylic acids is 1. The molecule has 0 radical (unpaired) electrons. The van der Waals surface area contributed by atoms with Crippen LogP contribution in [0, 0.1) is 5.82 Å². The number of carboxylic acid groups (broad SMARTS) is 1. The second kappa shape index (κ2) is 5.09. The Labute approximate surface area is 109 Å². The van der Waals surface area contributed by atoms with Crippen molar-refractivity contribution in [3.63, 3.8) is 0 Å². The van der Waals surface area contributed by atoms with Crippen LogP contribution in [0.2, 0.25) is 0 Å². The van der Waals surface area contributed by atoms with Gasteiger partial charge in [0.05, 0.1) is 0 Å². The van der Waals surface area contributed by atoms with Gasteiger partial charge < -0.3 is 9.84 Å². The van der Waals surface area contributed by atoms with Gasteiger partial charge in [-0.15, -0.1) is 0 Å². The summed E-state index contributed by atoms with van der Waals surface area (Å²) in [5, 5.41) is 8.88. The van der Waals surface area contributed by atoms with Crippen molar-refractivity contribution in [1.82, 2.24) is 9.97 Å². The second-order valence-corrected chi connectivity index (χ2v) is 4.11. The lowest BCUT2D eigenvalue weighted by Crippen LogP contribution is -2.05. The van der Waals surface area contributed by atoms with Crippen molar-refractivity contribution in [2.45, 2.75) is 0 Å². The summed E-state index contributed by atoms with van der Waals surface area (Å²) in [4.78, 5) is 18.2. The number of benzene rings is 1. The van der Waals surface area contributed by atoms with Crippen molar-refractivity contribution in [1.29, 1.82) is 0 Å². The highest BCUT2D eigenvalue weighted by atomic mass is 79.9. The number of hydrogen-bond donors (Lipinski definition) is 1. The van der Waals surface area contributed by atoms with Gasteiger partial charge >= 0.3 is 5.97 Å². The molecule has 5 nitrogen and oxygen atoms in total. The lowest BCUT2D eigenvalue weighted by Gasteiger charge is -2.07. The SMILES string of the molecule is O=C(O)c1nccnc1Oc1cc(Br)ccc1F. The molecular weight excluding hydrogens is 307 g/mol. The fraction of sp³-hybridized carbons (Fsp3) is 0. The molecule has 2 rings (SSSR count). The summed E-state index contributed by atoms with van der Waals surface area (Å²) < 4.78 is 19.2. The van der Waals surface area contributed by atoms with Crippen LogP contribution in [0.1, 0.15) is 10.5 Å². The molecule has 0 bridgehead atoms. The number of carbonyl (C=O) groups is 1. The monoisotopic (exact) mass is 312 g/mol. The maximum Gasteiger partial charge on any atom is 0.360 e. The third-order valence-corrected chi connectivity index (χ3v) is 2.46. The molecule has 0 saturated carbocycles. The average molecular weight is 313 g/mol. The van der Waals surface area contributed by atoms with Gasteiger partial charge in [-0.2, -0.15) is 0 Å². The Bertz CT molecular complexity index is 607. The Balaban J connectivity index is 2.40. The first-order valence-corrected chi connectivity index (χ1v) is 5.54. The van der Waals surface area contributed by atoms with E-state index in [0.717, 1.165) is 0 Å². The zero-order valence-corrected chi connectivity index (χ0v) is 10.4. The van der Waals surface area contributed by atoms with Crippen molar-refractivity contribution in [3.8, 4) is 11.6 Å². The molecule has 0 saturated heterocycles. The Hall–Kier alpha value is -2.02. The molecule has 0 aliphatic rings. The third-order valence-electron chi connectivity index (χ3n) is 1.97. The highest BCUT2D eigenvalue weighted by molar-refractivity contribution is 9.10. The van der Waals surface area contributed by atoms with Gasteiger partial charge in [0.25, 0.3) is 5.88 Å². The topological polar surface area (TPSA) is 72.3 Å². The van der Waals surface area contributed by atoms with E-state index >= 15 is 0 Å². The Morgan fingerprint density at radius 1 is 1.33 bits per heavy atom. The van der Waals surface area contributed by atoms with Gasteiger partial charge in [-0.3, -0.25) is 0 Å². The van der Waals surface area contributed by atoms with Crippen LogP contribution >= 0.6 is 15.9 Å². The van der Waals surface area contributed by atoms with E-state index in [1.165, 1.54) is 30.6 Å². The average Bonchev–Trinajstić information content (AvgIpc) is 2.34. The smallest absolute Gasteiger partial charge is 0.360 e. The summed E-state index contributed by atoms with van der Waals surface area (Å²) in [5.74, 6) is -2.32. The summed E-state index contributed by atoms with van der Waals surface area (Å²) in [7, 11) is 0. The molecule has 1 N–H and O–H groups in total. The summed E-state index contributed by atoms with van der Waals surface area (Å²) in [5.41, 5.74) is -0.378. The minimum Gasteiger partial charge on any atom is -0.476 e. The molecule has 92 valence electrons. The van der Waals surface area contributed by atoms with Gasteiger partial charge in [0, 0.05) is 16.9 Å². The number of nitrogens with zero attached hydrogens (tertiary/aromatic N) is 2. The van der Waals surface area contributed by atoms with Crippen molar-refractivity contribution < 1.29 is 19.0 Å². The van der Waals surface area contributed by atoms with Gasteiger partial charge in [-0.25, -0.2) is 19.2 Å². The van der Waals surface area contributed by atoms with Gasteiger partial charge in [-0.05, 0) is 18.2 Å². The third kappa shape index (κ3) is 2.62. The zero-order chi connectivity index (χ0) is 13.1. The summed E-state index contributed by atoms with van der Waals surface area (Å²) in [6, 6.07) is 4.06. The largest absolute Gasteiger partial charge is 0.476 e. The molecule has 0 unspecified atom stereocenters. The Morgan fingerprint density at radius 2 is 2.06 bits per heavy atom. The maximum absolute atomic E-state index is 13.4. The quantitative estimate of drug-likeness (QED) is 0.943. The first-order valence-electron chi connectivity index (χ1n) is 4.75. The first kappa shape index (κ1) is 12.4. The van der Waals surface area contributed by atoms with Gasteiger partial charge in [0.15, 0.2) is 11.6 Å². The van der Waals surface area contributed by atoms with E-state index in [1.54, 1.807) is 0 Å². The van der Waals surface area contributed by atoms with Crippen molar-refractivity contribution in [2.24, 2.45) is 0 Å². The predicted octanol–water partition coefficient (Wildman–Crippen LogP) is 2.87. The van der Waals surface area contributed by atoms with Gasteiger partial charge in [0.2, 0.25) is 5.69 Å². The normalized spacial score (nSPS) is 10.1. The standard InChI is InChI=1S/C11H6BrFN2O3/c12-6-1-2-7(13)8(5-6)18-10-9(11(16)17)14-3-4-15-10/h1-5H,(H,16,17). The number of carboxylic acids is 1. The molecule has 1 aromatic heterocycles. The van der Waals surface area contributed by atoms with Gasteiger partial charge in [0.1, 0.15) is 0 Å². The van der Waals surface area contributed by atoms with Crippen LogP contribution in [-0.4, -0.2) is 21.0 Å². The lowest BCUT2D eigenvalue weighted by atomic mass is 10.3. The summed E-state index contributed by atoms with van der Waals surface area (Å²) in [6.45, 7) is 0. The fourth-order valence-electron chi connectivity index (χ4n) is 1.21. The van der Waals surface area contributed by atoms with Crippen LogP contribution in [-0.2, 0) is 0 Å². The van der Waals surface area contributed by atoms with Crippen LogP contribution in [0.3, 0.4) is 0 Å². The number of rotatable bonds is 3. The molecule has 2 aromatic rings. The summed E-state index contributed by atoms with van der Waals surface area (Å²) >= 11 is 3.16. The van der Waals surface area contributed by atoms with Crippen LogP contribution in [0.15, 0.2) is 35.1 Å². The number of ether oxygens (including phenoxy) is 1. The minimum absolute atomic E-state index is 0.132. The fourth-order valence-corrected chi connectivity index (χ4v) is 1.55. The number of aromatic nitrogens is 2. The van der Waals surface area contributed by atoms with E-state index in [2.05, 4.69) is 25.9 Å². The van der Waals surface area contributed by atoms with Crippen LogP contribution < -0.4 is 4.74 Å². The zero-order valence-electron chi connectivity index (χ0n) is 8.80. The van der Waals surface area contributed by atoms with E-state index in [4.69, 9.17) is 9.84 Å². The molecule has 0 aliphatic heterocycles. The summed E-state index contributed by atoms with van der Waals surface area (Å²) in [6.07, 6.45) is 2.48. The maximum atomic E-state index is 13.4. The van der Waals surface area contributed by atoms with Crippen molar-refractivity contribution in [2.75, 3.05) is 0 Å². The Morgan fingerprint density at radius 3 is 2.78 bits per heavy atom. The van der Waals surface area contributed by atoms with E-state index < -0.39 is 11.8 Å². The molecule has 0 amide bonds. The highest BCUT2D eigenvalue weighted by Crippen LogP contribution is 2.27. The Kier molecular flexibility index (Phi) is 3.52. The van der Waals surface area contributed by atoms with Gasteiger partial charge in [-0.1, -0.05) is 15.9 Å². The molecule has 18 heavy (non-hydrogen) atoms. The predicted molar refractivity (Wildman–Crippen MR) is 63.2 cm³/mol. The van der Waals surface area contributed by atoms with Crippen molar-refractivity contribution >= 4 is 21.9 Å². The minimum atomic E-state index is -1.30. The molecule has 0 fully saturated rings. The van der Waals surface area contributed by atoms with E-state index in [0.29, 0.717) is 4.47 Å². The molecule has 1 aromatic carbocycles. The van der Waals surface area contributed by atoms with E-state index in [1.807, 2.05) is 0 Å². The van der Waals surface area contributed by atoms with Crippen molar-refractivity contribution in [3.05, 3.63) is 46.6 Å².